The number of likely N-dealkylation sites (tertiary alicyclic amines) is 2. The van der Waals surface area contributed by atoms with E-state index in [1.54, 1.807) is 9.80 Å². The Balaban J connectivity index is 0.000000214. The monoisotopic (exact) mass is 1730 g/mol. The average Bonchev–Trinajstić information content (AvgIpc) is 0.775. The molecule has 1 N–H and O–H groups in total. The number of aryl methyl sites for hydroxylation is 2. The molecule has 8 aromatic rings. The molecule has 5 fully saturated rings. The van der Waals surface area contributed by atoms with E-state index >= 15 is 0 Å². The molecule has 5 saturated heterocycles. The summed E-state index contributed by atoms with van der Waals surface area (Å²) in [5.41, 5.74) is 11.1. The van der Waals surface area contributed by atoms with E-state index < -0.39 is 12.3 Å². The third-order valence-electron chi connectivity index (χ3n) is 19.5. The molecule has 7 aliphatic rings. The van der Waals surface area contributed by atoms with Gasteiger partial charge in [-0.15, -0.1) is 0 Å². The number of aliphatic hydroxyl groups excluding tert-OH is 1. The first-order valence-electron chi connectivity index (χ1n) is 36.5. The summed E-state index contributed by atoms with van der Waals surface area (Å²) in [6.07, 6.45) is 2.77. The molecule has 23 nitrogen and oxygen atoms in total. The molecule has 15 rings (SSSR count). The molecule has 2 amide bonds. The van der Waals surface area contributed by atoms with Gasteiger partial charge in [0.25, 0.3) is 6.47 Å². The zero-order valence-electron chi connectivity index (χ0n) is 63.1. The van der Waals surface area contributed by atoms with Gasteiger partial charge in [0.2, 0.25) is 5.28 Å². The normalized spacial score (nSPS) is 17.9. The zero-order valence-corrected chi connectivity index (χ0v) is 75.4. The van der Waals surface area contributed by atoms with Gasteiger partial charge in [-0.2, -0.15) is 9.97 Å². The van der Waals surface area contributed by atoms with Crippen molar-refractivity contribution in [3.8, 4) is 6.01 Å². The second-order valence-corrected chi connectivity index (χ2v) is 27.3. The number of hydrogen-bond donors (Lipinski definition) is 1. The Morgan fingerprint density at radius 2 is 1.00 bits per heavy atom. The van der Waals surface area contributed by atoms with Gasteiger partial charge >= 0.3 is 156 Å². The number of carbonyl (C=O) groups is 3. The SMILES string of the molecule is C1COCCO1.Cc1cc(N2CCc3c(nc(Cl)nc3N3CCN(C(=O)OCc4ccccc4)CC3)C2)c2ccccc2c1.Cc1cc(N2CCc3c(nc(OCCN4CCC[C@@H](F)C4)nc3N3CCN(C(=O)OCc4ccccc4)CC3)C2)c2ccccc2c1.O=CO[O-].OCCN1CCC[C@@H](F)C1.[Cs+].[Cs+].[H-]. The van der Waals surface area contributed by atoms with E-state index in [1.165, 1.54) is 44.0 Å². The minimum absolute atomic E-state index is 0. The summed E-state index contributed by atoms with van der Waals surface area (Å²) >= 11 is 6.44. The minimum atomic E-state index is -0.770. The topological polar surface area (TPSA) is 227 Å². The van der Waals surface area contributed by atoms with Crippen LogP contribution < -0.4 is 167 Å². The van der Waals surface area contributed by atoms with Crippen LogP contribution in [-0.4, -0.2) is 220 Å². The van der Waals surface area contributed by atoms with E-state index in [1.807, 2.05) is 65.6 Å². The van der Waals surface area contributed by atoms with Crippen molar-refractivity contribution in [2.24, 2.45) is 0 Å². The summed E-state index contributed by atoms with van der Waals surface area (Å²) in [6, 6.07) is 45.9. The van der Waals surface area contributed by atoms with Crippen molar-refractivity contribution in [1.29, 1.82) is 0 Å². The quantitative estimate of drug-likeness (QED) is 0.0650. The number of fused-ring (bicyclic) bond motifs is 4. The Labute approximate surface area is 750 Å². The van der Waals surface area contributed by atoms with Crippen LogP contribution in [0.3, 0.4) is 0 Å². The molecule has 2 atom stereocenters. The van der Waals surface area contributed by atoms with Crippen LogP contribution in [0.1, 0.15) is 71.9 Å². The molecule has 0 bridgehead atoms. The Morgan fingerprint density at radius 3 is 1.44 bits per heavy atom. The fourth-order valence-electron chi connectivity index (χ4n) is 14.2. The van der Waals surface area contributed by atoms with Crippen molar-refractivity contribution in [3.63, 3.8) is 0 Å². The van der Waals surface area contributed by atoms with Gasteiger partial charge in [0, 0.05) is 125 Å². The fraction of sp³-hybridized carbons (Fsp3) is 0.456. The molecule has 0 aliphatic carbocycles. The predicted octanol–water partition coefficient (Wildman–Crippen LogP) is 4.39. The van der Waals surface area contributed by atoms with Gasteiger partial charge in [-0.05, 0) is 122 Å². The molecule has 562 valence electrons. The zero-order chi connectivity index (χ0) is 73.3. The molecular weight excluding hydrogens is 1630 g/mol. The minimum Gasteiger partial charge on any atom is -1.00 e. The van der Waals surface area contributed by atoms with Gasteiger partial charge in [-0.3, -0.25) is 14.6 Å². The maximum absolute atomic E-state index is 14.0. The molecule has 2 aromatic heterocycles. The van der Waals surface area contributed by atoms with E-state index in [0.717, 1.165) is 124 Å². The van der Waals surface area contributed by atoms with Crippen LogP contribution in [0.4, 0.5) is 41.4 Å². The molecule has 0 saturated carbocycles. The molecular formula is C79H97ClCs2F2N12O11. The van der Waals surface area contributed by atoms with Gasteiger partial charge in [0.15, 0.2) is 0 Å². The number of amides is 2. The van der Waals surface area contributed by atoms with Crippen LogP contribution in [0.15, 0.2) is 133 Å². The van der Waals surface area contributed by atoms with Gasteiger partial charge in [-0.25, -0.2) is 28.3 Å². The largest absolute Gasteiger partial charge is 1.00 e. The Hall–Kier alpha value is -4.98. The fourth-order valence-corrected chi connectivity index (χ4v) is 14.4. The molecule has 6 aromatic carbocycles. The van der Waals surface area contributed by atoms with E-state index in [4.69, 9.17) is 60.4 Å². The summed E-state index contributed by atoms with van der Waals surface area (Å²) in [7, 11) is 0. The first-order valence-corrected chi connectivity index (χ1v) is 36.9. The maximum Gasteiger partial charge on any atom is 1.00 e. The summed E-state index contributed by atoms with van der Waals surface area (Å²) in [6.45, 7) is 20.3. The number of alkyl halides is 2. The van der Waals surface area contributed by atoms with Crippen LogP contribution in [0.25, 0.3) is 21.5 Å². The Kier molecular flexibility index (Phi) is 36.1. The second kappa shape index (κ2) is 44.9. The first-order chi connectivity index (χ1) is 51.3. The number of aromatic nitrogens is 4. The van der Waals surface area contributed by atoms with Crippen LogP contribution in [0.5, 0.6) is 6.01 Å². The molecule has 107 heavy (non-hydrogen) atoms. The smallest absolute Gasteiger partial charge is 1.00 e. The third-order valence-corrected chi connectivity index (χ3v) is 19.7. The third kappa shape index (κ3) is 25.5. The summed E-state index contributed by atoms with van der Waals surface area (Å²) in [4.78, 5) is 72.9. The van der Waals surface area contributed by atoms with Crippen LogP contribution in [0.2, 0.25) is 5.28 Å². The molecule has 7 aliphatic heterocycles. The first kappa shape index (κ1) is 86.0. The molecule has 0 spiro atoms. The number of hydrogen-bond acceptors (Lipinski definition) is 21. The van der Waals surface area contributed by atoms with Crippen LogP contribution in [-0.2, 0) is 67.8 Å². The number of ether oxygens (including phenoxy) is 5. The van der Waals surface area contributed by atoms with Crippen LogP contribution >= 0.6 is 11.6 Å². The number of aliphatic hydroxyl groups is 1. The van der Waals surface area contributed by atoms with E-state index in [0.29, 0.717) is 117 Å². The van der Waals surface area contributed by atoms with Crippen molar-refractivity contribution in [2.45, 2.75) is 91.0 Å². The van der Waals surface area contributed by atoms with Gasteiger partial charge in [0.05, 0.1) is 57.5 Å². The van der Waals surface area contributed by atoms with E-state index in [2.05, 4.69) is 126 Å². The van der Waals surface area contributed by atoms with Gasteiger partial charge < -0.3 is 69.8 Å². The van der Waals surface area contributed by atoms with Crippen LogP contribution in [0, 0.1) is 13.8 Å². The van der Waals surface area contributed by atoms with Crippen molar-refractivity contribution in [3.05, 3.63) is 184 Å². The predicted molar refractivity (Wildman–Crippen MR) is 400 cm³/mol. The second-order valence-electron chi connectivity index (χ2n) is 26.9. The van der Waals surface area contributed by atoms with Crippen molar-refractivity contribution in [1.82, 2.24) is 39.5 Å². The number of piperidine rings is 2. The molecule has 0 radical (unpaired) electrons. The Bertz CT molecular complexity index is 4090. The Morgan fingerprint density at radius 1 is 0.570 bits per heavy atom. The van der Waals surface area contributed by atoms with Gasteiger partial charge in [0.1, 0.15) is 43.8 Å². The molecule has 0 unspecified atom stereocenters. The summed E-state index contributed by atoms with van der Waals surface area (Å²) < 4.78 is 53.8. The molecule has 9 heterocycles. The van der Waals surface area contributed by atoms with E-state index in [-0.39, 0.29) is 183 Å². The number of halogens is 3. The van der Waals surface area contributed by atoms with Crippen molar-refractivity contribution >= 4 is 74.8 Å². The number of carbonyl (C=O) groups excluding carboxylic acids is 3. The standard InChI is InChI=1S/C37H43FN6O3.C30H30ClN5O2.C7H14FNO.C4H8O2.CH2O3.2Cs.H/c1-27-22-29-10-5-6-12-31(29)34(23-27)44-15-13-32-33(25-44)39-36(46-21-20-41-14-7-11-30(38)24-41)40-35(32)42-16-18-43(19-17-42)37(45)47-26-28-8-3-2-4-9-28;1-21-17-23-9-5-6-10-24(23)27(18-21)36-12-11-25-26(19-36)32-29(31)33-28(25)34-13-15-35(16-14-34)30(37)38-20-22-7-3-2-4-8-22;8-7-2-1-3-9(6-7)4-5-10;1-2-6-4-3-5-1;2-1-4-3;;;/h2-6,8-10,12,22-23,30H,7,11,13-21,24-26H2,1H3;2-10,17-18H,11-16,19-20H2,1H3;7,10H,1-6H2;1-4H2;1,3H;;;/q;;;;;2*+1;-1/p-1/t30-;;7-;;;;;/m1.1...../s1. The van der Waals surface area contributed by atoms with Crippen molar-refractivity contribution < 1.29 is 201 Å². The van der Waals surface area contributed by atoms with Gasteiger partial charge in [-0.1, -0.05) is 121 Å². The summed E-state index contributed by atoms with van der Waals surface area (Å²) in [5, 5.41) is 22.2. The number of β-amino-alcohol motifs (C(OH)–C–C–N with tert-alkyl or cyclic N) is 1. The summed E-state index contributed by atoms with van der Waals surface area (Å²) in [5.74, 6) is 1.78. The number of benzene rings is 6. The number of nitrogens with zero attached hydrogens (tertiary/aromatic N) is 12. The number of anilines is 4. The maximum atomic E-state index is 14.0. The van der Waals surface area contributed by atoms with E-state index in [9.17, 15) is 18.4 Å². The number of rotatable bonds is 15. The van der Waals surface area contributed by atoms with Crippen molar-refractivity contribution in [2.75, 3.05) is 164 Å². The average molecular weight is 1730 g/mol. The molecule has 28 heteroatoms. The number of piperazine rings is 2.